The Morgan fingerprint density at radius 1 is 1.20 bits per heavy atom. The molecule has 1 atom stereocenters. The summed E-state index contributed by atoms with van der Waals surface area (Å²) in [5.74, 6) is 3.02. The Kier molecular flexibility index (Phi) is 7.98. The van der Waals surface area contributed by atoms with Crippen molar-refractivity contribution in [2.75, 3.05) is 39.2 Å². The van der Waals surface area contributed by atoms with Gasteiger partial charge in [0, 0.05) is 25.7 Å². The van der Waals surface area contributed by atoms with Gasteiger partial charge in [-0.3, -0.25) is 4.79 Å². The molecule has 9 heteroatoms. The molecule has 1 saturated heterocycles. The number of benzene rings is 1. The molecule has 1 unspecified atom stereocenters. The summed E-state index contributed by atoms with van der Waals surface area (Å²) in [5, 5.41) is 9.49. The van der Waals surface area contributed by atoms with Crippen molar-refractivity contribution in [3.8, 4) is 11.5 Å². The van der Waals surface area contributed by atoms with Crippen LogP contribution >= 0.6 is 11.8 Å². The molecule has 0 spiro atoms. The standard InChI is InChI=1S/C21H30N4O4S/c1-15(2)13-25-20(16(3)29-18-7-5-6-17(12-18)27-4)22-23-21(25)30-14-19(26)24-8-10-28-11-9-24/h5-7,12,15-16H,8-11,13-14H2,1-4H3. The van der Waals surface area contributed by atoms with Gasteiger partial charge in [-0.1, -0.05) is 31.7 Å². The first-order chi connectivity index (χ1) is 14.5. The summed E-state index contributed by atoms with van der Waals surface area (Å²) in [7, 11) is 1.63. The fourth-order valence-corrected chi connectivity index (χ4v) is 4.06. The van der Waals surface area contributed by atoms with Crippen molar-refractivity contribution in [1.82, 2.24) is 19.7 Å². The number of methoxy groups -OCH3 is 1. The number of rotatable bonds is 9. The van der Waals surface area contributed by atoms with Gasteiger partial charge in [0.1, 0.15) is 11.5 Å². The van der Waals surface area contributed by atoms with E-state index in [9.17, 15) is 4.79 Å². The highest BCUT2D eigenvalue weighted by Crippen LogP contribution is 2.27. The second kappa shape index (κ2) is 10.7. The Balaban J connectivity index is 1.71. The molecule has 2 aromatic rings. The second-order valence-corrected chi connectivity index (χ2v) is 8.51. The summed E-state index contributed by atoms with van der Waals surface area (Å²) in [6.45, 7) is 9.49. The highest BCUT2D eigenvalue weighted by Gasteiger charge is 2.23. The molecule has 0 bridgehead atoms. The zero-order chi connectivity index (χ0) is 21.5. The predicted octanol–water partition coefficient (Wildman–Crippen LogP) is 3.03. The van der Waals surface area contributed by atoms with Gasteiger partial charge in [-0.05, 0) is 25.0 Å². The Labute approximate surface area is 181 Å². The zero-order valence-electron chi connectivity index (χ0n) is 18.0. The van der Waals surface area contributed by atoms with Crippen molar-refractivity contribution in [3.05, 3.63) is 30.1 Å². The molecular weight excluding hydrogens is 404 g/mol. The third kappa shape index (κ3) is 5.89. The average Bonchev–Trinajstić information content (AvgIpc) is 3.14. The number of aromatic nitrogens is 3. The highest BCUT2D eigenvalue weighted by atomic mass is 32.2. The lowest BCUT2D eigenvalue weighted by molar-refractivity contribution is -0.132. The van der Waals surface area contributed by atoms with Crippen LogP contribution in [0.3, 0.4) is 0 Å². The molecule has 3 rings (SSSR count). The van der Waals surface area contributed by atoms with Crippen molar-refractivity contribution in [3.63, 3.8) is 0 Å². The van der Waals surface area contributed by atoms with E-state index >= 15 is 0 Å². The molecule has 0 N–H and O–H groups in total. The van der Waals surface area contributed by atoms with Gasteiger partial charge in [-0.25, -0.2) is 0 Å². The molecule has 0 radical (unpaired) electrons. The van der Waals surface area contributed by atoms with Crippen molar-refractivity contribution in [1.29, 1.82) is 0 Å². The molecule has 1 aromatic carbocycles. The summed E-state index contributed by atoms with van der Waals surface area (Å²) in [6, 6.07) is 7.49. The Morgan fingerprint density at radius 3 is 2.63 bits per heavy atom. The van der Waals surface area contributed by atoms with Gasteiger partial charge in [0.05, 0.1) is 26.1 Å². The first-order valence-corrected chi connectivity index (χ1v) is 11.2. The Hall–Kier alpha value is -2.26. The van der Waals surface area contributed by atoms with Crippen LogP contribution in [0, 0.1) is 5.92 Å². The number of hydrogen-bond donors (Lipinski definition) is 0. The van der Waals surface area contributed by atoms with E-state index in [0.29, 0.717) is 43.7 Å². The topological polar surface area (TPSA) is 78.7 Å². The number of ether oxygens (including phenoxy) is 3. The molecule has 1 aliphatic rings. The van der Waals surface area contributed by atoms with Crippen molar-refractivity contribution in [2.24, 2.45) is 5.92 Å². The Bertz CT molecular complexity index is 836. The normalized spacial score (nSPS) is 15.3. The van der Waals surface area contributed by atoms with E-state index in [4.69, 9.17) is 14.2 Å². The van der Waals surface area contributed by atoms with Crippen LogP contribution in [0.15, 0.2) is 29.4 Å². The van der Waals surface area contributed by atoms with E-state index in [0.717, 1.165) is 23.3 Å². The molecule has 2 heterocycles. The van der Waals surface area contributed by atoms with Gasteiger partial charge in [-0.15, -0.1) is 10.2 Å². The number of nitrogens with zero attached hydrogens (tertiary/aromatic N) is 4. The number of hydrogen-bond acceptors (Lipinski definition) is 7. The van der Waals surface area contributed by atoms with Crippen molar-refractivity contribution < 1.29 is 19.0 Å². The molecule has 8 nitrogen and oxygen atoms in total. The SMILES string of the molecule is COc1cccc(OC(C)c2nnc(SCC(=O)N3CCOCC3)n2CC(C)C)c1. The van der Waals surface area contributed by atoms with E-state index in [1.165, 1.54) is 11.8 Å². The van der Waals surface area contributed by atoms with Crippen LogP contribution in [0.2, 0.25) is 0 Å². The van der Waals surface area contributed by atoms with Crippen LogP contribution in [0.1, 0.15) is 32.7 Å². The summed E-state index contributed by atoms with van der Waals surface area (Å²) < 4.78 is 18.7. The first kappa shape index (κ1) is 22.4. The fourth-order valence-electron chi connectivity index (χ4n) is 3.21. The number of carbonyl (C=O) groups excluding carboxylic acids is 1. The molecule has 30 heavy (non-hydrogen) atoms. The quantitative estimate of drug-likeness (QED) is 0.561. The van der Waals surface area contributed by atoms with E-state index < -0.39 is 0 Å². The smallest absolute Gasteiger partial charge is 0.233 e. The lowest BCUT2D eigenvalue weighted by atomic mass is 10.2. The Morgan fingerprint density at radius 2 is 1.93 bits per heavy atom. The van der Waals surface area contributed by atoms with Gasteiger partial charge < -0.3 is 23.7 Å². The molecule has 0 saturated carbocycles. The number of thioether (sulfide) groups is 1. The van der Waals surface area contributed by atoms with Gasteiger partial charge in [0.15, 0.2) is 17.1 Å². The summed E-state index contributed by atoms with van der Waals surface area (Å²) >= 11 is 1.42. The molecular formula is C21H30N4O4S. The van der Waals surface area contributed by atoms with Crippen molar-refractivity contribution >= 4 is 17.7 Å². The molecule has 0 aliphatic carbocycles. The summed E-state index contributed by atoms with van der Waals surface area (Å²) in [6.07, 6.45) is -0.298. The van der Waals surface area contributed by atoms with E-state index in [2.05, 4.69) is 28.6 Å². The summed E-state index contributed by atoms with van der Waals surface area (Å²) in [4.78, 5) is 14.3. The molecule has 1 fully saturated rings. The van der Waals surface area contributed by atoms with Crippen LogP contribution in [0.4, 0.5) is 0 Å². The van der Waals surface area contributed by atoms with Crippen LogP contribution in [0.25, 0.3) is 0 Å². The number of amides is 1. The van der Waals surface area contributed by atoms with Crippen LogP contribution in [0.5, 0.6) is 11.5 Å². The third-order valence-electron chi connectivity index (χ3n) is 4.70. The van der Waals surface area contributed by atoms with E-state index in [-0.39, 0.29) is 12.0 Å². The monoisotopic (exact) mass is 434 g/mol. The van der Waals surface area contributed by atoms with Gasteiger partial charge in [-0.2, -0.15) is 0 Å². The minimum Gasteiger partial charge on any atom is -0.497 e. The minimum absolute atomic E-state index is 0.102. The zero-order valence-corrected chi connectivity index (χ0v) is 18.9. The first-order valence-electron chi connectivity index (χ1n) is 10.2. The van der Waals surface area contributed by atoms with Crippen LogP contribution < -0.4 is 9.47 Å². The second-order valence-electron chi connectivity index (χ2n) is 7.57. The lowest BCUT2D eigenvalue weighted by Crippen LogP contribution is -2.41. The number of carbonyl (C=O) groups is 1. The predicted molar refractivity (Wildman–Crippen MR) is 115 cm³/mol. The molecule has 1 aromatic heterocycles. The lowest BCUT2D eigenvalue weighted by Gasteiger charge is -2.26. The van der Waals surface area contributed by atoms with E-state index in [1.807, 2.05) is 36.1 Å². The van der Waals surface area contributed by atoms with Crippen LogP contribution in [-0.2, 0) is 16.1 Å². The third-order valence-corrected chi connectivity index (χ3v) is 5.65. The molecule has 164 valence electrons. The maximum atomic E-state index is 12.5. The maximum absolute atomic E-state index is 12.5. The fraction of sp³-hybridized carbons (Fsp3) is 0.571. The molecule has 1 aliphatic heterocycles. The average molecular weight is 435 g/mol. The largest absolute Gasteiger partial charge is 0.497 e. The van der Waals surface area contributed by atoms with Gasteiger partial charge in [0.2, 0.25) is 5.91 Å². The minimum atomic E-state index is -0.298. The van der Waals surface area contributed by atoms with Gasteiger partial charge in [0.25, 0.3) is 0 Å². The van der Waals surface area contributed by atoms with Crippen molar-refractivity contribution in [2.45, 2.75) is 38.6 Å². The van der Waals surface area contributed by atoms with Crippen LogP contribution in [-0.4, -0.2) is 64.7 Å². The molecule has 1 amide bonds. The van der Waals surface area contributed by atoms with Gasteiger partial charge >= 0.3 is 0 Å². The maximum Gasteiger partial charge on any atom is 0.233 e. The highest BCUT2D eigenvalue weighted by molar-refractivity contribution is 7.99. The van der Waals surface area contributed by atoms with E-state index in [1.54, 1.807) is 7.11 Å². The summed E-state index contributed by atoms with van der Waals surface area (Å²) in [5.41, 5.74) is 0. The number of morpholine rings is 1.